The van der Waals surface area contributed by atoms with Crippen LogP contribution in [-0.2, 0) is 13.0 Å². The van der Waals surface area contributed by atoms with Crippen LogP contribution in [0.2, 0.25) is 0 Å². The third kappa shape index (κ3) is 3.48. The summed E-state index contributed by atoms with van der Waals surface area (Å²) in [5.41, 5.74) is 3.57. The second-order valence-electron chi connectivity index (χ2n) is 7.09. The molecule has 0 spiro atoms. The second-order valence-corrected chi connectivity index (χ2v) is 8.12. The lowest BCUT2D eigenvalue weighted by Crippen LogP contribution is -2.30. The molecule has 2 aromatic rings. The number of aromatic nitrogens is 1. The SMILES string of the molecule is Cc1nc(C2CCNCC2)sc1C(=O)N1CCCc2ccccc2C1. The third-order valence-electron chi connectivity index (χ3n) is 5.34. The van der Waals surface area contributed by atoms with Crippen molar-refractivity contribution in [3.63, 3.8) is 0 Å². The third-order valence-corrected chi connectivity index (χ3v) is 6.64. The number of thiazole rings is 1. The zero-order valence-corrected chi connectivity index (χ0v) is 15.6. The Bertz CT molecular complexity index is 764. The van der Waals surface area contributed by atoms with Crippen LogP contribution in [0.25, 0.3) is 0 Å². The molecule has 0 bridgehead atoms. The Morgan fingerprint density at radius 3 is 2.80 bits per heavy atom. The molecule has 5 heteroatoms. The van der Waals surface area contributed by atoms with Crippen molar-refractivity contribution in [2.24, 2.45) is 0 Å². The van der Waals surface area contributed by atoms with E-state index in [0.717, 1.165) is 67.4 Å². The first-order valence-electron chi connectivity index (χ1n) is 9.26. The first kappa shape index (κ1) is 16.7. The molecule has 1 saturated heterocycles. The number of rotatable bonds is 2. The van der Waals surface area contributed by atoms with E-state index in [1.165, 1.54) is 11.1 Å². The number of carbonyl (C=O) groups is 1. The molecule has 3 heterocycles. The van der Waals surface area contributed by atoms with Crippen molar-refractivity contribution in [2.75, 3.05) is 19.6 Å². The average Bonchev–Trinajstić information content (AvgIpc) is 2.90. The Hall–Kier alpha value is -1.72. The molecule has 25 heavy (non-hydrogen) atoms. The standard InChI is InChI=1S/C20H25N3OS/c1-14-18(25-19(22-14)16-8-10-21-11-9-16)20(24)23-12-4-7-15-5-2-3-6-17(15)13-23/h2-3,5-6,16,21H,4,7-13H2,1H3. The molecule has 132 valence electrons. The molecule has 0 aliphatic carbocycles. The van der Waals surface area contributed by atoms with Crippen LogP contribution in [0, 0.1) is 6.92 Å². The van der Waals surface area contributed by atoms with Gasteiger partial charge in [0.05, 0.1) is 10.7 Å². The average molecular weight is 356 g/mol. The number of piperidine rings is 1. The molecule has 1 amide bonds. The van der Waals surface area contributed by atoms with Gasteiger partial charge >= 0.3 is 0 Å². The van der Waals surface area contributed by atoms with E-state index in [4.69, 9.17) is 4.98 Å². The Kier molecular flexibility index (Phi) is 4.86. The largest absolute Gasteiger partial charge is 0.334 e. The van der Waals surface area contributed by atoms with Gasteiger partial charge in [0.25, 0.3) is 5.91 Å². The topological polar surface area (TPSA) is 45.2 Å². The fraction of sp³-hybridized carbons (Fsp3) is 0.500. The summed E-state index contributed by atoms with van der Waals surface area (Å²) in [4.78, 5) is 20.8. The van der Waals surface area contributed by atoms with Gasteiger partial charge in [-0.05, 0) is 56.8 Å². The summed E-state index contributed by atoms with van der Waals surface area (Å²) in [5, 5.41) is 4.55. The first-order valence-corrected chi connectivity index (χ1v) is 10.1. The summed E-state index contributed by atoms with van der Waals surface area (Å²) in [6.45, 7) is 5.63. The Morgan fingerprint density at radius 1 is 1.24 bits per heavy atom. The molecule has 0 radical (unpaired) electrons. The number of aryl methyl sites for hydroxylation is 2. The number of hydrogen-bond donors (Lipinski definition) is 1. The van der Waals surface area contributed by atoms with Crippen molar-refractivity contribution in [2.45, 2.75) is 45.1 Å². The highest BCUT2D eigenvalue weighted by molar-refractivity contribution is 7.13. The van der Waals surface area contributed by atoms with Crippen LogP contribution in [0.15, 0.2) is 24.3 Å². The van der Waals surface area contributed by atoms with Gasteiger partial charge in [0.1, 0.15) is 4.88 Å². The smallest absolute Gasteiger partial charge is 0.266 e. The van der Waals surface area contributed by atoms with Gasteiger partial charge in [-0.1, -0.05) is 24.3 Å². The second kappa shape index (κ2) is 7.26. The number of benzene rings is 1. The number of amides is 1. The summed E-state index contributed by atoms with van der Waals surface area (Å²) in [6.07, 6.45) is 4.33. The number of carbonyl (C=O) groups excluding carboxylic acids is 1. The molecule has 1 aromatic carbocycles. The fourth-order valence-corrected chi connectivity index (χ4v) is 5.08. The Balaban J connectivity index is 1.55. The molecular formula is C20H25N3OS. The van der Waals surface area contributed by atoms with E-state index in [0.29, 0.717) is 5.92 Å². The highest BCUT2D eigenvalue weighted by Crippen LogP contribution is 2.32. The maximum Gasteiger partial charge on any atom is 0.266 e. The molecule has 2 aliphatic rings. The molecule has 4 rings (SSSR count). The van der Waals surface area contributed by atoms with Crippen molar-refractivity contribution in [3.8, 4) is 0 Å². The number of nitrogens with zero attached hydrogens (tertiary/aromatic N) is 2. The summed E-state index contributed by atoms with van der Waals surface area (Å²) in [6, 6.07) is 8.51. The molecule has 1 N–H and O–H groups in total. The van der Waals surface area contributed by atoms with Crippen LogP contribution in [-0.4, -0.2) is 35.4 Å². The van der Waals surface area contributed by atoms with Crippen molar-refractivity contribution < 1.29 is 4.79 Å². The fourth-order valence-electron chi connectivity index (χ4n) is 3.88. The minimum atomic E-state index is 0.159. The van der Waals surface area contributed by atoms with Gasteiger partial charge in [-0.3, -0.25) is 4.79 Å². The molecule has 4 nitrogen and oxygen atoms in total. The zero-order valence-electron chi connectivity index (χ0n) is 14.8. The van der Waals surface area contributed by atoms with Crippen LogP contribution in [0.4, 0.5) is 0 Å². The minimum Gasteiger partial charge on any atom is -0.334 e. The van der Waals surface area contributed by atoms with E-state index in [2.05, 4.69) is 29.6 Å². The molecule has 0 saturated carbocycles. The van der Waals surface area contributed by atoms with Crippen molar-refractivity contribution in [1.29, 1.82) is 0 Å². The number of hydrogen-bond acceptors (Lipinski definition) is 4. The molecular weight excluding hydrogens is 330 g/mol. The van der Waals surface area contributed by atoms with Crippen molar-refractivity contribution in [3.05, 3.63) is 51.0 Å². The predicted octanol–water partition coefficient (Wildman–Crippen LogP) is 3.51. The summed E-state index contributed by atoms with van der Waals surface area (Å²) in [7, 11) is 0. The van der Waals surface area contributed by atoms with Crippen molar-refractivity contribution in [1.82, 2.24) is 15.2 Å². The van der Waals surface area contributed by atoms with E-state index in [-0.39, 0.29) is 5.91 Å². The highest BCUT2D eigenvalue weighted by Gasteiger charge is 2.26. The van der Waals surface area contributed by atoms with Gasteiger partial charge in [0.2, 0.25) is 0 Å². The van der Waals surface area contributed by atoms with Crippen LogP contribution >= 0.6 is 11.3 Å². The van der Waals surface area contributed by atoms with Gasteiger partial charge in [-0.2, -0.15) is 0 Å². The Labute approximate surface area is 153 Å². The zero-order chi connectivity index (χ0) is 17.2. The van der Waals surface area contributed by atoms with Crippen molar-refractivity contribution >= 4 is 17.2 Å². The number of nitrogens with one attached hydrogen (secondary N) is 1. The van der Waals surface area contributed by atoms with Crippen LogP contribution in [0.5, 0.6) is 0 Å². The number of fused-ring (bicyclic) bond motifs is 1. The summed E-state index contributed by atoms with van der Waals surface area (Å²) >= 11 is 1.63. The lowest BCUT2D eigenvalue weighted by Gasteiger charge is -2.21. The lowest BCUT2D eigenvalue weighted by molar-refractivity contribution is 0.0750. The van der Waals surface area contributed by atoms with Crippen LogP contribution in [0.3, 0.4) is 0 Å². The van der Waals surface area contributed by atoms with Gasteiger partial charge < -0.3 is 10.2 Å². The molecule has 1 fully saturated rings. The molecule has 1 aromatic heterocycles. The van der Waals surface area contributed by atoms with Gasteiger partial charge in [0.15, 0.2) is 0 Å². The van der Waals surface area contributed by atoms with Crippen LogP contribution in [0.1, 0.15) is 56.7 Å². The lowest BCUT2D eigenvalue weighted by atomic mass is 9.99. The quantitative estimate of drug-likeness (QED) is 0.897. The summed E-state index contributed by atoms with van der Waals surface area (Å²) in [5.74, 6) is 0.670. The monoisotopic (exact) mass is 355 g/mol. The predicted molar refractivity (Wildman–Crippen MR) is 101 cm³/mol. The van der Waals surface area contributed by atoms with Gasteiger partial charge in [0, 0.05) is 19.0 Å². The molecule has 0 atom stereocenters. The van der Waals surface area contributed by atoms with E-state index >= 15 is 0 Å². The maximum atomic E-state index is 13.2. The van der Waals surface area contributed by atoms with E-state index in [1.807, 2.05) is 11.8 Å². The highest BCUT2D eigenvalue weighted by atomic mass is 32.1. The van der Waals surface area contributed by atoms with E-state index in [9.17, 15) is 4.79 Å². The normalized spacial score (nSPS) is 18.7. The van der Waals surface area contributed by atoms with Gasteiger partial charge in [-0.15, -0.1) is 11.3 Å². The minimum absolute atomic E-state index is 0.159. The molecule has 0 unspecified atom stereocenters. The van der Waals surface area contributed by atoms with E-state index in [1.54, 1.807) is 11.3 Å². The maximum absolute atomic E-state index is 13.2. The van der Waals surface area contributed by atoms with E-state index < -0.39 is 0 Å². The first-order chi connectivity index (χ1) is 12.2. The molecule has 2 aliphatic heterocycles. The Morgan fingerprint density at radius 2 is 2.00 bits per heavy atom. The van der Waals surface area contributed by atoms with Gasteiger partial charge in [-0.25, -0.2) is 4.98 Å². The van der Waals surface area contributed by atoms with Crippen LogP contribution < -0.4 is 5.32 Å². The summed E-state index contributed by atoms with van der Waals surface area (Å²) < 4.78 is 0.